The molecule has 0 aromatic heterocycles. The highest BCUT2D eigenvalue weighted by molar-refractivity contribution is 9.10. The quantitative estimate of drug-likeness (QED) is 0.583. The number of nitrogens with one attached hydrogen (secondary N) is 2. The lowest BCUT2D eigenvalue weighted by Gasteiger charge is -2.25. The molecule has 3 rings (SSSR count). The molecule has 1 amide bonds. The molecule has 1 aliphatic carbocycles. The van der Waals surface area contributed by atoms with Crippen LogP contribution in [0.4, 0.5) is 0 Å². The van der Waals surface area contributed by atoms with Crippen LogP contribution in [0, 0.1) is 5.92 Å². The van der Waals surface area contributed by atoms with E-state index < -0.39 is 0 Å². The molecule has 2 N–H and O–H groups in total. The molecule has 27 heavy (non-hydrogen) atoms. The molecule has 1 atom stereocenters. The first-order valence-corrected chi connectivity index (χ1v) is 11.5. The highest BCUT2D eigenvalue weighted by Gasteiger charge is 2.18. The van der Waals surface area contributed by atoms with E-state index in [0.29, 0.717) is 6.54 Å². The lowest BCUT2D eigenvalue weighted by molar-refractivity contribution is -0.129. The van der Waals surface area contributed by atoms with Gasteiger partial charge in [-0.2, -0.15) is 0 Å². The summed E-state index contributed by atoms with van der Waals surface area (Å²) in [6.07, 6.45) is 9.76. The zero-order valence-corrected chi connectivity index (χ0v) is 18.0. The van der Waals surface area contributed by atoms with Crippen molar-refractivity contribution in [3.63, 3.8) is 0 Å². The van der Waals surface area contributed by atoms with E-state index in [0.717, 1.165) is 57.9 Å². The van der Waals surface area contributed by atoms with Crippen LogP contribution in [-0.2, 0) is 17.6 Å². The van der Waals surface area contributed by atoms with Crippen molar-refractivity contribution in [3.8, 4) is 0 Å². The van der Waals surface area contributed by atoms with Crippen LogP contribution in [0.15, 0.2) is 22.7 Å². The fourth-order valence-electron chi connectivity index (χ4n) is 4.30. The number of rotatable bonds is 9. The number of carbonyl (C=O) groups is 1. The van der Waals surface area contributed by atoms with Crippen molar-refractivity contribution in [1.29, 1.82) is 0 Å². The van der Waals surface area contributed by atoms with E-state index in [1.165, 1.54) is 36.6 Å². The Balaban J connectivity index is 1.21. The van der Waals surface area contributed by atoms with Gasteiger partial charge in [-0.05, 0) is 100 Å². The van der Waals surface area contributed by atoms with Crippen LogP contribution in [0.2, 0.25) is 0 Å². The minimum absolute atomic E-state index is 0.265. The Kier molecular flexibility index (Phi) is 8.62. The Bertz CT molecular complexity index is 607. The largest absolute Gasteiger partial charge is 0.342 e. The second kappa shape index (κ2) is 11.2. The van der Waals surface area contributed by atoms with Crippen molar-refractivity contribution in [2.24, 2.45) is 5.92 Å². The average Bonchev–Trinajstić information content (AvgIpc) is 2.87. The van der Waals surface area contributed by atoms with Gasteiger partial charge in [-0.1, -0.05) is 22.0 Å². The van der Waals surface area contributed by atoms with Crippen molar-refractivity contribution in [2.45, 2.75) is 51.4 Å². The number of unbranched alkanes of at least 4 members (excludes halogenated alkanes) is 1. The predicted octanol–water partition coefficient (Wildman–Crippen LogP) is 3.53. The summed E-state index contributed by atoms with van der Waals surface area (Å²) in [6, 6.07) is 6.76. The number of fused-ring (bicyclic) bond motifs is 1. The minimum atomic E-state index is 0.265. The summed E-state index contributed by atoms with van der Waals surface area (Å²) in [5.41, 5.74) is 3.10. The molecule has 150 valence electrons. The van der Waals surface area contributed by atoms with Crippen molar-refractivity contribution in [3.05, 3.63) is 33.8 Å². The smallest absolute Gasteiger partial charge is 0.236 e. The molecule has 4 nitrogen and oxygen atoms in total. The molecular weight excluding hydrogens is 402 g/mol. The fourth-order valence-corrected chi connectivity index (χ4v) is 4.71. The number of amides is 1. The predicted molar refractivity (Wildman–Crippen MR) is 115 cm³/mol. The van der Waals surface area contributed by atoms with Crippen molar-refractivity contribution >= 4 is 21.8 Å². The Hall–Kier alpha value is -0.910. The maximum atomic E-state index is 11.9. The molecule has 1 aromatic carbocycles. The standard InChI is InChI=1S/C22H34BrN3O/c23-21-9-8-19-7-6-18(15-20(19)16-21)5-3-11-24-10-1-2-13-26-14-4-12-25-17-22(26)27/h8-9,16,18,24-25H,1-7,10-15,17H2. The summed E-state index contributed by atoms with van der Waals surface area (Å²) in [6.45, 7) is 5.50. The lowest BCUT2D eigenvalue weighted by Crippen LogP contribution is -2.35. The molecule has 5 heteroatoms. The third-order valence-electron chi connectivity index (χ3n) is 5.91. The average molecular weight is 436 g/mol. The van der Waals surface area contributed by atoms with Gasteiger partial charge in [-0.3, -0.25) is 4.79 Å². The number of hydrogen-bond acceptors (Lipinski definition) is 3. The molecule has 1 aromatic rings. The van der Waals surface area contributed by atoms with E-state index in [4.69, 9.17) is 0 Å². The van der Waals surface area contributed by atoms with Crippen molar-refractivity contribution in [1.82, 2.24) is 15.5 Å². The SMILES string of the molecule is O=C1CNCCCN1CCCCNCCCC1CCc2ccc(Br)cc2C1. The number of carbonyl (C=O) groups excluding carboxylic acids is 1. The first-order valence-electron chi connectivity index (χ1n) is 10.7. The van der Waals surface area contributed by atoms with E-state index >= 15 is 0 Å². The molecule has 1 unspecified atom stereocenters. The van der Waals surface area contributed by atoms with Crippen LogP contribution in [0.5, 0.6) is 0 Å². The molecule has 0 radical (unpaired) electrons. The third-order valence-corrected chi connectivity index (χ3v) is 6.40. The zero-order valence-electron chi connectivity index (χ0n) is 16.4. The lowest BCUT2D eigenvalue weighted by atomic mass is 9.82. The van der Waals surface area contributed by atoms with Gasteiger partial charge >= 0.3 is 0 Å². The summed E-state index contributed by atoms with van der Waals surface area (Å²) >= 11 is 3.60. The molecule has 1 heterocycles. The summed E-state index contributed by atoms with van der Waals surface area (Å²) in [7, 11) is 0. The number of benzene rings is 1. The van der Waals surface area contributed by atoms with Crippen LogP contribution in [0.3, 0.4) is 0 Å². The Morgan fingerprint density at radius 1 is 1.19 bits per heavy atom. The van der Waals surface area contributed by atoms with Gasteiger partial charge in [-0.15, -0.1) is 0 Å². The highest BCUT2D eigenvalue weighted by atomic mass is 79.9. The monoisotopic (exact) mass is 435 g/mol. The first kappa shape index (κ1) is 20.8. The summed E-state index contributed by atoms with van der Waals surface area (Å²) in [5.74, 6) is 1.11. The van der Waals surface area contributed by atoms with Gasteiger partial charge in [0.25, 0.3) is 0 Å². The van der Waals surface area contributed by atoms with Crippen LogP contribution < -0.4 is 10.6 Å². The maximum Gasteiger partial charge on any atom is 0.236 e. The van der Waals surface area contributed by atoms with Crippen LogP contribution >= 0.6 is 15.9 Å². The number of aryl methyl sites for hydroxylation is 1. The second-order valence-electron chi connectivity index (χ2n) is 8.03. The van der Waals surface area contributed by atoms with Gasteiger partial charge in [0.15, 0.2) is 0 Å². The van der Waals surface area contributed by atoms with Gasteiger partial charge in [0.2, 0.25) is 5.91 Å². The molecule has 1 aliphatic heterocycles. The third kappa shape index (κ3) is 6.88. The molecule has 0 spiro atoms. The zero-order chi connectivity index (χ0) is 18.9. The molecule has 0 bridgehead atoms. The van der Waals surface area contributed by atoms with E-state index in [-0.39, 0.29) is 5.91 Å². The Morgan fingerprint density at radius 2 is 2.07 bits per heavy atom. The molecule has 2 aliphatic rings. The van der Waals surface area contributed by atoms with E-state index in [1.807, 2.05) is 4.90 Å². The molecule has 1 saturated heterocycles. The van der Waals surface area contributed by atoms with Gasteiger partial charge in [0.1, 0.15) is 0 Å². The highest BCUT2D eigenvalue weighted by Crippen LogP contribution is 2.30. The van der Waals surface area contributed by atoms with E-state index in [9.17, 15) is 4.79 Å². The summed E-state index contributed by atoms with van der Waals surface area (Å²) in [5, 5.41) is 6.77. The minimum Gasteiger partial charge on any atom is -0.342 e. The summed E-state index contributed by atoms with van der Waals surface area (Å²) < 4.78 is 1.21. The normalized spacial score (nSPS) is 20.4. The maximum absolute atomic E-state index is 11.9. The van der Waals surface area contributed by atoms with Crippen molar-refractivity contribution < 1.29 is 4.79 Å². The topological polar surface area (TPSA) is 44.4 Å². The van der Waals surface area contributed by atoms with Crippen molar-refractivity contribution in [2.75, 3.05) is 39.3 Å². The summed E-state index contributed by atoms with van der Waals surface area (Å²) in [4.78, 5) is 13.9. The Morgan fingerprint density at radius 3 is 3.00 bits per heavy atom. The van der Waals surface area contributed by atoms with Gasteiger partial charge in [-0.25, -0.2) is 0 Å². The molecular formula is C22H34BrN3O. The van der Waals surface area contributed by atoms with Gasteiger partial charge in [0.05, 0.1) is 6.54 Å². The van der Waals surface area contributed by atoms with E-state index in [2.05, 4.69) is 44.8 Å². The van der Waals surface area contributed by atoms with Gasteiger partial charge in [0, 0.05) is 17.6 Å². The van der Waals surface area contributed by atoms with Crippen LogP contribution in [0.1, 0.15) is 49.7 Å². The molecule has 0 saturated carbocycles. The van der Waals surface area contributed by atoms with Gasteiger partial charge < -0.3 is 15.5 Å². The fraction of sp³-hybridized carbons (Fsp3) is 0.682. The Labute approximate surface area is 172 Å². The van der Waals surface area contributed by atoms with Crippen LogP contribution in [-0.4, -0.2) is 50.1 Å². The second-order valence-corrected chi connectivity index (χ2v) is 8.95. The number of hydrogen-bond donors (Lipinski definition) is 2. The number of nitrogens with zero attached hydrogens (tertiary/aromatic N) is 1. The number of halogens is 1. The van der Waals surface area contributed by atoms with E-state index in [1.54, 1.807) is 11.1 Å². The molecule has 1 fully saturated rings. The van der Waals surface area contributed by atoms with Crippen LogP contribution in [0.25, 0.3) is 0 Å². The first-order chi connectivity index (χ1) is 13.2.